The number of hydrogen-bond acceptors (Lipinski definition) is 4. The predicted molar refractivity (Wildman–Crippen MR) is 106 cm³/mol. The average Bonchev–Trinajstić information content (AvgIpc) is 3.35. The second kappa shape index (κ2) is 8.14. The van der Waals surface area contributed by atoms with Crippen molar-refractivity contribution in [1.29, 1.82) is 0 Å². The summed E-state index contributed by atoms with van der Waals surface area (Å²) in [6.07, 6.45) is 4.50. The van der Waals surface area contributed by atoms with E-state index in [1.807, 2.05) is 35.0 Å². The third-order valence-electron chi connectivity index (χ3n) is 5.66. The summed E-state index contributed by atoms with van der Waals surface area (Å²) in [5.74, 6) is -0.236. The number of nitrogens with zero attached hydrogens (tertiary/aromatic N) is 3. The third kappa shape index (κ3) is 3.54. The molecule has 4 rings (SSSR count). The number of carbonyl (C=O) groups is 2. The summed E-state index contributed by atoms with van der Waals surface area (Å²) in [6.45, 7) is 2.01. The Labute approximate surface area is 164 Å². The Kier molecular flexibility index (Phi) is 5.43. The fourth-order valence-electron chi connectivity index (χ4n) is 4.26. The van der Waals surface area contributed by atoms with Crippen molar-refractivity contribution in [3.05, 3.63) is 47.3 Å². The number of para-hydroxylation sites is 1. The van der Waals surface area contributed by atoms with Crippen LogP contribution in [0, 0.1) is 5.92 Å². The van der Waals surface area contributed by atoms with E-state index in [1.54, 1.807) is 4.90 Å². The number of nitrogens with one attached hydrogen (secondary N) is 1. The lowest BCUT2D eigenvalue weighted by atomic mass is 9.96. The van der Waals surface area contributed by atoms with E-state index in [-0.39, 0.29) is 17.7 Å². The molecule has 1 fully saturated rings. The number of nitrogens with two attached hydrogens (primary N) is 1. The molecule has 1 unspecified atom stereocenters. The summed E-state index contributed by atoms with van der Waals surface area (Å²) in [6, 6.07) is 9.96. The molecule has 2 aromatic rings. The normalized spacial score (nSPS) is 18.8. The molecule has 0 radical (unpaired) electrons. The lowest BCUT2D eigenvalue weighted by Crippen LogP contribution is -2.46. The Morgan fingerprint density at radius 3 is 2.79 bits per heavy atom. The van der Waals surface area contributed by atoms with Crippen LogP contribution >= 0.6 is 0 Å². The Hall–Kier alpha value is -2.67. The van der Waals surface area contributed by atoms with Crippen molar-refractivity contribution in [3.8, 4) is 5.69 Å². The first-order chi connectivity index (χ1) is 13.7. The second-order valence-corrected chi connectivity index (χ2v) is 7.54. The largest absolute Gasteiger partial charge is 0.355 e. The van der Waals surface area contributed by atoms with Crippen LogP contribution in [0.15, 0.2) is 30.3 Å². The zero-order valence-electron chi connectivity index (χ0n) is 16.1. The van der Waals surface area contributed by atoms with Gasteiger partial charge in [0.1, 0.15) is 0 Å². The SMILES string of the molecule is NCCNC(=O)C1CCCN(C(=O)c2nn(-c3ccccc3)c3c2CCC3)C1. The van der Waals surface area contributed by atoms with E-state index in [0.717, 1.165) is 49.0 Å². The Bertz CT molecular complexity index is 861. The fourth-order valence-corrected chi connectivity index (χ4v) is 4.26. The molecule has 1 aliphatic carbocycles. The number of carbonyl (C=O) groups excluding carboxylic acids is 2. The van der Waals surface area contributed by atoms with Gasteiger partial charge in [0.05, 0.1) is 11.6 Å². The van der Waals surface area contributed by atoms with Crippen LogP contribution in [0.2, 0.25) is 0 Å². The summed E-state index contributed by atoms with van der Waals surface area (Å²) in [7, 11) is 0. The summed E-state index contributed by atoms with van der Waals surface area (Å²) >= 11 is 0. The van der Waals surface area contributed by atoms with E-state index < -0.39 is 0 Å². The van der Waals surface area contributed by atoms with Gasteiger partial charge in [-0.25, -0.2) is 4.68 Å². The minimum absolute atomic E-state index is 0.0111. The van der Waals surface area contributed by atoms with Crippen molar-refractivity contribution in [1.82, 2.24) is 20.0 Å². The maximum absolute atomic E-state index is 13.3. The van der Waals surface area contributed by atoms with Gasteiger partial charge in [-0.15, -0.1) is 0 Å². The predicted octanol–water partition coefficient (Wildman–Crippen LogP) is 1.29. The quantitative estimate of drug-likeness (QED) is 0.816. The molecular weight excluding hydrogens is 354 g/mol. The van der Waals surface area contributed by atoms with Crippen LogP contribution in [0.3, 0.4) is 0 Å². The maximum atomic E-state index is 13.3. The first-order valence-corrected chi connectivity index (χ1v) is 10.1. The molecule has 1 atom stereocenters. The average molecular weight is 381 g/mol. The fraction of sp³-hybridized carbons (Fsp3) is 0.476. The van der Waals surface area contributed by atoms with Crippen molar-refractivity contribution >= 4 is 11.8 Å². The zero-order chi connectivity index (χ0) is 19.5. The molecule has 1 saturated heterocycles. The van der Waals surface area contributed by atoms with Crippen molar-refractivity contribution in [2.45, 2.75) is 32.1 Å². The summed E-state index contributed by atoms with van der Waals surface area (Å²) in [5.41, 5.74) is 9.22. The molecule has 2 heterocycles. The molecule has 0 saturated carbocycles. The van der Waals surface area contributed by atoms with Crippen molar-refractivity contribution in [2.24, 2.45) is 11.7 Å². The molecule has 7 nitrogen and oxygen atoms in total. The summed E-state index contributed by atoms with van der Waals surface area (Å²) < 4.78 is 1.92. The third-order valence-corrected chi connectivity index (χ3v) is 5.66. The van der Waals surface area contributed by atoms with Gasteiger partial charge in [0.2, 0.25) is 5.91 Å². The number of benzene rings is 1. The molecule has 148 valence electrons. The minimum atomic E-state index is -0.173. The monoisotopic (exact) mass is 381 g/mol. The highest BCUT2D eigenvalue weighted by Crippen LogP contribution is 2.29. The van der Waals surface area contributed by atoms with Crippen LogP contribution in [0.4, 0.5) is 0 Å². The van der Waals surface area contributed by atoms with Gasteiger partial charge in [0, 0.05) is 37.4 Å². The Balaban J connectivity index is 1.56. The number of aromatic nitrogens is 2. The first kappa shape index (κ1) is 18.7. The van der Waals surface area contributed by atoms with Gasteiger partial charge < -0.3 is 16.0 Å². The molecule has 1 aromatic carbocycles. The highest BCUT2D eigenvalue weighted by molar-refractivity contribution is 5.95. The van der Waals surface area contributed by atoms with Crippen molar-refractivity contribution in [3.63, 3.8) is 0 Å². The molecule has 1 aromatic heterocycles. The van der Waals surface area contributed by atoms with Crippen molar-refractivity contribution < 1.29 is 9.59 Å². The molecule has 0 spiro atoms. The molecule has 2 amide bonds. The van der Waals surface area contributed by atoms with Crippen LogP contribution in [0.5, 0.6) is 0 Å². The number of rotatable bonds is 5. The van der Waals surface area contributed by atoms with Gasteiger partial charge in [-0.05, 0) is 44.2 Å². The molecule has 2 aliphatic rings. The number of amides is 2. The lowest BCUT2D eigenvalue weighted by molar-refractivity contribution is -0.126. The van der Waals surface area contributed by atoms with Crippen molar-refractivity contribution in [2.75, 3.05) is 26.2 Å². The van der Waals surface area contributed by atoms with Gasteiger partial charge in [0.25, 0.3) is 5.91 Å². The van der Waals surface area contributed by atoms with E-state index in [4.69, 9.17) is 10.8 Å². The van der Waals surface area contributed by atoms with Gasteiger partial charge in [-0.2, -0.15) is 5.10 Å². The van der Waals surface area contributed by atoms with Crippen LogP contribution in [0.25, 0.3) is 5.69 Å². The van der Waals surface area contributed by atoms with Gasteiger partial charge in [0.15, 0.2) is 5.69 Å². The van der Waals surface area contributed by atoms with E-state index in [2.05, 4.69) is 5.32 Å². The summed E-state index contributed by atoms with van der Waals surface area (Å²) in [4.78, 5) is 27.4. The van der Waals surface area contributed by atoms with Crippen LogP contribution in [-0.4, -0.2) is 52.7 Å². The maximum Gasteiger partial charge on any atom is 0.274 e. The molecule has 1 aliphatic heterocycles. The van der Waals surface area contributed by atoms with E-state index in [9.17, 15) is 9.59 Å². The first-order valence-electron chi connectivity index (χ1n) is 10.1. The lowest BCUT2D eigenvalue weighted by Gasteiger charge is -2.31. The zero-order valence-corrected chi connectivity index (χ0v) is 16.1. The van der Waals surface area contributed by atoms with Crippen LogP contribution in [0.1, 0.15) is 41.0 Å². The second-order valence-electron chi connectivity index (χ2n) is 7.54. The summed E-state index contributed by atoms with van der Waals surface area (Å²) in [5, 5.41) is 7.55. The Morgan fingerprint density at radius 2 is 2.00 bits per heavy atom. The molecule has 3 N–H and O–H groups in total. The van der Waals surface area contributed by atoms with Gasteiger partial charge in [-0.1, -0.05) is 18.2 Å². The van der Waals surface area contributed by atoms with Crippen LogP contribution < -0.4 is 11.1 Å². The van der Waals surface area contributed by atoms with E-state index in [1.165, 1.54) is 0 Å². The number of hydrogen-bond donors (Lipinski definition) is 2. The molecule has 0 bridgehead atoms. The number of likely N-dealkylation sites (tertiary alicyclic amines) is 1. The smallest absolute Gasteiger partial charge is 0.274 e. The standard InChI is InChI=1S/C21H27N5O2/c22-11-12-23-20(27)15-6-5-13-25(14-15)21(28)19-17-9-4-10-18(17)26(24-19)16-7-2-1-3-8-16/h1-3,7-8,15H,4-6,9-14,22H2,(H,23,27). The van der Waals surface area contributed by atoms with Gasteiger partial charge >= 0.3 is 0 Å². The van der Waals surface area contributed by atoms with E-state index >= 15 is 0 Å². The molecular formula is C21H27N5O2. The van der Waals surface area contributed by atoms with Gasteiger partial charge in [-0.3, -0.25) is 9.59 Å². The Morgan fingerprint density at radius 1 is 1.18 bits per heavy atom. The molecule has 28 heavy (non-hydrogen) atoms. The van der Waals surface area contributed by atoms with E-state index in [0.29, 0.717) is 31.9 Å². The van der Waals surface area contributed by atoms with Crippen LogP contribution in [-0.2, 0) is 17.6 Å². The number of piperidine rings is 1. The highest BCUT2D eigenvalue weighted by atomic mass is 16.2. The molecule has 7 heteroatoms. The number of fused-ring (bicyclic) bond motifs is 1. The highest BCUT2D eigenvalue weighted by Gasteiger charge is 2.33. The topological polar surface area (TPSA) is 93.2 Å². The minimum Gasteiger partial charge on any atom is -0.355 e.